The number of esters is 1. The van der Waals surface area contributed by atoms with Crippen LogP contribution in [0.4, 0.5) is 9.59 Å². The number of nitrogens with zero attached hydrogens (tertiary/aromatic N) is 2. The molecule has 0 aliphatic carbocycles. The number of morpholine rings is 2. The summed E-state index contributed by atoms with van der Waals surface area (Å²) in [4.78, 5) is 47.6. The van der Waals surface area contributed by atoms with Crippen molar-refractivity contribution in [1.82, 2.24) is 9.80 Å². The molecule has 2 aliphatic heterocycles. The maximum absolute atomic E-state index is 11.7. The number of carbonyl (C=O) groups excluding carboxylic acids is 3. The Morgan fingerprint density at radius 2 is 1.22 bits per heavy atom. The maximum Gasteiger partial charge on any atom is 1.00 e. The Hall–Kier alpha value is -2.16. The molecule has 0 aromatic rings. The van der Waals surface area contributed by atoms with Crippen LogP contribution in [0.25, 0.3) is 0 Å². The molecule has 2 fully saturated rings. The second-order valence-corrected chi connectivity index (χ2v) is 7.19. The van der Waals surface area contributed by atoms with Gasteiger partial charge in [-0.15, -0.1) is 0 Å². The van der Waals surface area contributed by atoms with Gasteiger partial charge >= 0.3 is 53.7 Å². The number of hydrogen-bond donors (Lipinski definition) is 1. The fourth-order valence-electron chi connectivity index (χ4n) is 2.66. The van der Waals surface area contributed by atoms with Crippen molar-refractivity contribution in [3.8, 4) is 0 Å². The minimum Gasteiger partial charge on any atom is -0.870 e. The molecule has 14 heteroatoms. The van der Waals surface area contributed by atoms with Crippen LogP contribution in [0.2, 0.25) is 0 Å². The smallest absolute Gasteiger partial charge is 0.870 e. The van der Waals surface area contributed by atoms with Crippen LogP contribution in [0.15, 0.2) is 24.3 Å². The minimum absolute atomic E-state index is 0. The SMILES string of the molecule is CCOC(=O)/C=C\[C@H](C)OC(=O)N1CCOCC1.C[C@@H](/C=C\C(=O)O)OC(=O)N1CCOCC1.[Na+].[OH-]. The molecule has 2 amide bonds. The summed E-state index contributed by atoms with van der Waals surface area (Å²) in [6, 6.07) is 0. The molecule has 200 valence electrons. The van der Waals surface area contributed by atoms with E-state index in [4.69, 9.17) is 28.8 Å². The summed E-state index contributed by atoms with van der Waals surface area (Å²) in [7, 11) is 0. The van der Waals surface area contributed by atoms with Gasteiger partial charge in [0.15, 0.2) is 0 Å². The van der Waals surface area contributed by atoms with Gasteiger partial charge in [-0.2, -0.15) is 0 Å². The molecule has 36 heavy (non-hydrogen) atoms. The monoisotopic (exact) mass is 526 g/mol. The number of carboxylic acids is 1. The summed E-state index contributed by atoms with van der Waals surface area (Å²) in [6.45, 7) is 9.51. The van der Waals surface area contributed by atoms with Crippen molar-refractivity contribution in [2.45, 2.75) is 33.0 Å². The van der Waals surface area contributed by atoms with E-state index in [2.05, 4.69) is 0 Å². The Bertz CT molecular complexity index is 721. The van der Waals surface area contributed by atoms with Gasteiger partial charge in [-0.05, 0) is 32.9 Å². The predicted molar refractivity (Wildman–Crippen MR) is 121 cm³/mol. The number of ether oxygens (including phenoxy) is 5. The fourth-order valence-corrected chi connectivity index (χ4v) is 2.66. The zero-order chi connectivity index (χ0) is 25.3. The zero-order valence-electron chi connectivity index (χ0n) is 21.3. The van der Waals surface area contributed by atoms with Gasteiger partial charge in [-0.25, -0.2) is 19.2 Å². The van der Waals surface area contributed by atoms with Crippen molar-refractivity contribution in [3.63, 3.8) is 0 Å². The molecular weight excluding hydrogens is 491 g/mol. The fraction of sp³-hybridized carbons (Fsp3) is 0.636. The average Bonchev–Trinajstić information content (AvgIpc) is 2.83. The van der Waals surface area contributed by atoms with E-state index < -0.39 is 30.2 Å². The van der Waals surface area contributed by atoms with E-state index in [1.54, 1.807) is 25.7 Å². The second kappa shape index (κ2) is 21.0. The molecule has 0 radical (unpaired) electrons. The Labute approximate surface area is 232 Å². The molecule has 2 rings (SSSR count). The van der Waals surface area contributed by atoms with Crippen molar-refractivity contribution in [2.24, 2.45) is 0 Å². The molecule has 2 N–H and O–H groups in total. The molecule has 2 atom stereocenters. The second-order valence-electron chi connectivity index (χ2n) is 7.19. The summed E-state index contributed by atoms with van der Waals surface area (Å²) in [6.07, 6.45) is 3.19. The maximum atomic E-state index is 11.7. The van der Waals surface area contributed by atoms with Gasteiger partial charge in [-0.1, -0.05) is 0 Å². The molecular formula is C22H35N2NaO11. The van der Waals surface area contributed by atoms with Gasteiger partial charge in [0.25, 0.3) is 0 Å². The third-order valence-corrected chi connectivity index (χ3v) is 4.41. The van der Waals surface area contributed by atoms with E-state index in [1.807, 2.05) is 0 Å². The first-order chi connectivity index (χ1) is 16.2. The molecule has 0 spiro atoms. The first kappa shape index (κ1) is 36.0. The molecule has 0 bridgehead atoms. The van der Waals surface area contributed by atoms with Crippen LogP contribution < -0.4 is 29.6 Å². The zero-order valence-corrected chi connectivity index (χ0v) is 23.3. The Kier molecular flexibility index (Phi) is 21.0. The van der Waals surface area contributed by atoms with Crippen molar-refractivity contribution >= 4 is 24.1 Å². The van der Waals surface area contributed by atoms with Crippen LogP contribution in [0.1, 0.15) is 20.8 Å². The van der Waals surface area contributed by atoms with Crippen LogP contribution in [0.3, 0.4) is 0 Å². The van der Waals surface area contributed by atoms with Gasteiger partial charge in [0, 0.05) is 38.3 Å². The molecule has 0 aromatic heterocycles. The molecule has 2 saturated heterocycles. The normalized spacial score (nSPS) is 17.0. The molecule has 0 aromatic carbocycles. The van der Waals surface area contributed by atoms with Crippen molar-refractivity contribution in [1.29, 1.82) is 0 Å². The van der Waals surface area contributed by atoms with E-state index in [0.29, 0.717) is 59.2 Å². The van der Waals surface area contributed by atoms with Crippen molar-refractivity contribution in [3.05, 3.63) is 24.3 Å². The minimum atomic E-state index is -1.06. The topological polar surface area (TPSA) is 171 Å². The van der Waals surface area contributed by atoms with E-state index in [1.165, 1.54) is 23.1 Å². The van der Waals surface area contributed by atoms with Gasteiger partial charge < -0.3 is 44.1 Å². The first-order valence-corrected chi connectivity index (χ1v) is 11.1. The van der Waals surface area contributed by atoms with Crippen LogP contribution >= 0.6 is 0 Å². The van der Waals surface area contributed by atoms with E-state index in [0.717, 1.165) is 6.08 Å². The van der Waals surface area contributed by atoms with Crippen LogP contribution in [-0.4, -0.2) is 116 Å². The van der Waals surface area contributed by atoms with Gasteiger partial charge in [0.05, 0.1) is 33.0 Å². The van der Waals surface area contributed by atoms with Gasteiger partial charge in [-0.3, -0.25) is 0 Å². The average molecular weight is 527 g/mol. The number of carboxylic acid groups (broad SMARTS) is 1. The van der Waals surface area contributed by atoms with E-state index >= 15 is 0 Å². The van der Waals surface area contributed by atoms with Crippen LogP contribution in [0, 0.1) is 0 Å². The quantitative estimate of drug-likeness (QED) is 0.173. The molecule has 0 saturated carbocycles. The summed E-state index contributed by atoms with van der Waals surface area (Å²) in [5, 5.41) is 8.39. The largest absolute Gasteiger partial charge is 1.00 e. The third-order valence-electron chi connectivity index (χ3n) is 4.41. The molecule has 13 nitrogen and oxygen atoms in total. The molecule has 2 heterocycles. The predicted octanol–water partition coefficient (Wildman–Crippen LogP) is -1.73. The number of amides is 2. The summed E-state index contributed by atoms with van der Waals surface area (Å²) in [5.74, 6) is -1.50. The number of carbonyl (C=O) groups is 4. The number of aliphatic carboxylic acids is 1. The molecule has 0 unspecified atom stereocenters. The number of rotatable bonds is 7. The first-order valence-electron chi connectivity index (χ1n) is 11.1. The van der Waals surface area contributed by atoms with Crippen molar-refractivity contribution < 1.29 is 83.0 Å². The van der Waals surface area contributed by atoms with Gasteiger partial charge in [0.1, 0.15) is 12.2 Å². The van der Waals surface area contributed by atoms with Crippen LogP contribution in [0.5, 0.6) is 0 Å². The summed E-state index contributed by atoms with van der Waals surface area (Å²) < 4.78 is 25.1. The Morgan fingerprint density at radius 1 is 0.833 bits per heavy atom. The Balaban J connectivity index is 0. The number of hydrogen-bond acceptors (Lipinski definition) is 10. The third kappa shape index (κ3) is 16.5. The van der Waals surface area contributed by atoms with E-state index in [9.17, 15) is 19.2 Å². The standard InChI is InChI=1S/C12H19NO5.C10H15NO5.Na.H2O/c1-3-17-11(14)5-4-10(2)18-12(15)13-6-8-16-9-7-13;1-8(2-3-9(12)13)16-10(14)11-4-6-15-7-5-11;;/h4-5,10H,3,6-9H2,1-2H3;2-3,8H,4-7H2,1H3,(H,12,13);;1H2/q;;+1;/p-1/b5-4-;3-2-;;/t10-;8-;;/m00../s1. The summed E-state index contributed by atoms with van der Waals surface area (Å²) in [5.41, 5.74) is 0. The van der Waals surface area contributed by atoms with Crippen LogP contribution in [-0.2, 0) is 33.3 Å². The Morgan fingerprint density at radius 3 is 1.58 bits per heavy atom. The van der Waals surface area contributed by atoms with Crippen molar-refractivity contribution in [2.75, 3.05) is 59.2 Å². The van der Waals surface area contributed by atoms with E-state index in [-0.39, 0.29) is 41.1 Å². The van der Waals surface area contributed by atoms with Gasteiger partial charge in [0.2, 0.25) is 0 Å². The summed E-state index contributed by atoms with van der Waals surface area (Å²) >= 11 is 0. The molecule has 2 aliphatic rings.